The number of likely N-dealkylation sites (tertiary alicyclic amines) is 1. The van der Waals surface area contributed by atoms with E-state index in [-0.39, 0.29) is 40.9 Å². The van der Waals surface area contributed by atoms with Crippen molar-refractivity contribution in [3.05, 3.63) is 46.0 Å². The van der Waals surface area contributed by atoms with Crippen molar-refractivity contribution in [2.45, 2.75) is 26.3 Å². The quantitative estimate of drug-likeness (QED) is 0.825. The minimum absolute atomic E-state index is 0. The molecule has 130 valence electrons. The standard InChI is InChI=1S/C17H20FN3O2.ClH/c1-17(2)9-21(6-5-14(17)19)16(23)12-8-15(22)20-13-4-3-10(18)7-11(12)13;/h3-4,7-8,14H,5-6,9,19H2,1-2H3,(H,20,22);1H. The highest BCUT2D eigenvalue weighted by molar-refractivity contribution is 6.06. The number of hydrogen-bond acceptors (Lipinski definition) is 3. The Morgan fingerprint density at radius 2 is 2.08 bits per heavy atom. The van der Waals surface area contributed by atoms with Crippen LogP contribution < -0.4 is 11.3 Å². The Balaban J connectivity index is 0.00000208. The lowest BCUT2D eigenvalue weighted by atomic mass is 9.79. The number of fused-ring (bicyclic) bond motifs is 1. The number of H-pyrrole nitrogens is 1. The maximum Gasteiger partial charge on any atom is 0.254 e. The van der Waals surface area contributed by atoms with Crippen molar-refractivity contribution >= 4 is 29.2 Å². The number of aromatic amines is 1. The first kappa shape index (κ1) is 18.4. The van der Waals surface area contributed by atoms with Crippen molar-refractivity contribution in [2.24, 2.45) is 11.1 Å². The molecule has 24 heavy (non-hydrogen) atoms. The van der Waals surface area contributed by atoms with Crippen molar-refractivity contribution in [3.63, 3.8) is 0 Å². The van der Waals surface area contributed by atoms with Gasteiger partial charge in [-0.05, 0) is 30.0 Å². The third-order valence-corrected chi connectivity index (χ3v) is 4.63. The molecular weight excluding hydrogens is 333 g/mol. The van der Waals surface area contributed by atoms with Crippen molar-refractivity contribution in [3.8, 4) is 0 Å². The van der Waals surface area contributed by atoms with Crippen LogP contribution in [-0.4, -0.2) is 34.9 Å². The van der Waals surface area contributed by atoms with Crippen LogP contribution in [0.4, 0.5) is 4.39 Å². The number of piperidine rings is 1. The number of carbonyl (C=O) groups excluding carboxylic acids is 1. The Labute approximate surface area is 145 Å². The zero-order valence-electron chi connectivity index (χ0n) is 13.6. The number of benzene rings is 1. The second-order valence-corrected chi connectivity index (χ2v) is 6.85. The van der Waals surface area contributed by atoms with Gasteiger partial charge in [0.2, 0.25) is 5.56 Å². The van der Waals surface area contributed by atoms with Gasteiger partial charge in [0.1, 0.15) is 5.82 Å². The highest BCUT2D eigenvalue weighted by Gasteiger charge is 2.36. The smallest absolute Gasteiger partial charge is 0.254 e. The van der Waals surface area contributed by atoms with Gasteiger partial charge in [-0.1, -0.05) is 13.8 Å². The fourth-order valence-electron chi connectivity index (χ4n) is 3.12. The van der Waals surface area contributed by atoms with Gasteiger partial charge in [0, 0.05) is 36.1 Å². The summed E-state index contributed by atoms with van der Waals surface area (Å²) in [6.45, 7) is 5.09. The van der Waals surface area contributed by atoms with Crippen LogP contribution in [0.15, 0.2) is 29.1 Å². The molecule has 3 N–H and O–H groups in total. The summed E-state index contributed by atoms with van der Waals surface area (Å²) in [5, 5.41) is 0.419. The number of nitrogens with zero attached hydrogens (tertiary/aromatic N) is 1. The number of halogens is 2. The number of rotatable bonds is 1. The Morgan fingerprint density at radius 3 is 2.75 bits per heavy atom. The zero-order chi connectivity index (χ0) is 16.8. The van der Waals surface area contributed by atoms with Gasteiger partial charge in [-0.3, -0.25) is 9.59 Å². The van der Waals surface area contributed by atoms with E-state index in [0.29, 0.717) is 30.4 Å². The molecule has 1 aromatic carbocycles. The molecule has 1 aliphatic heterocycles. The van der Waals surface area contributed by atoms with E-state index in [4.69, 9.17) is 5.73 Å². The highest BCUT2D eigenvalue weighted by atomic mass is 35.5. The Hall–Kier alpha value is -1.92. The summed E-state index contributed by atoms with van der Waals surface area (Å²) >= 11 is 0. The first-order chi connectivity index (χ1) is 10.8. The van der Waals surface area contributed by atoms with Crippen molar-refractivity contribution in [2.75, 3.05) is 13.1 Å². The minimum atomic E-state index is -0.445. The third kappa shape index (κ3) is 3.30. The second-order valence-electron chi connectivity index (χ2n) is 6.85. The van der Waals surface area contributed by atoms with E-state index in [1.807, 2.05) is 13.8 Å². The Morgan fingerprint density at radius 1 is 1.38 bits per heavy atom. The number of nitrogens with two attached hydrogens (primary N) is 1. The first-order valence-electron chi connectivity index (χ1n) is 7.65. The van der Waals surface area contributed by atoms with Gasteiger partial charge >= 0.3 is 0 Å². The average Bonchev–Trinajstić information content (AvgIpc) is 2.49. The maximum atomic E-state index is 13.6. The van der Waals surface area contributed by atoms with Crippen molar-refractivity contribution in [1.29, 1.82) is 0 Å². The van der Waals surface area contributed by atoms with E-state index in [2.05, 4.69) is 4.98 Å². The molecule has 0 bridgehead atoms. The lowest BCUT2D eigenvalue weighted by Gasteiger charge is -2.42. The molecule has 3 rings (SSSR count). The summed E-state index contributed by atoms with van der Waals surface area (Å²) in [7, 11) is 0. The molecule has 2 aromatic rings. The lowest BCUT2D eigenvalue weighted by Crippen LogP contribution is -2.54. The van der Waals surface area contributed by atoms with Crippen LogP contribution >= 0.6 is 12.4 Å². The van der Waals surface area contributed by atoms with E-state index >= 15 is 0 Å². The SMILES string of the molecule is CC1(C)CN(C(=O)c2cc(=O)[nH]c3ccc(F)cc23)CCC1N.Cl. The van der Waals surface area contributed by atoms with Gasteiger partial charge in [0.25, 0.3) is 5.91 Å². The predicted molar refractivity (Wildman–Crippen MR) is 94.1 cm³/mol. The molecule has 1 amide bonds. The van der Waals surface area contributed by atoms with E-state index < -0.39 is 5.82 Å². The van der Waals surface area contributed by atoms with E-state index in [1.165, 1.54) is 24.3 Å². The molecular formula is C17H21ClFN3O2. The second kappa shape index (κ2) is 6.53. The van der Waals surface area contributed by atoms with Crippen LogP contribution in [0.5, 0.6) is 0 Å². The number of pyridine rings is 1. The zero-order valence-corrected chi connectivity index (χ0v) is 14.5. The van der Waals surface area contributed by atoms with Crippen LogP contribution in [0.3, 0.4) is 0 Å². The molecule has 0 radical (unpaired) electrons. The monoisotopic (exact) mass is 353 g/mol. The molecule has 0 aliphatic carbocycles. The fourth-order valence-corrected chi connectivity index (χ4v) is 3.12. The summed E-state index contributed by atoms with van der Waals surface area (Å²) in [4.78, 5) is 29.0. The van der Waals surface area contributed by atoms with Crippen molar-refractivity contribution < 1.29 is 9.18 Å². The topological polar surface area (TPSA) is 79.2 Å². The molecule has 0 spiro atoms. The van der Waals surface area contributed by atoms with E-state index in [9.17, 15) is 14.0 Å². The fraction of sp³-hybridized carbons (Fsp3) is 0.412. The normalized spacial score (nSPS) is 19.8. The van der Waals surface area contributed by atoms with Crippen LogP contribution in [0.25, 0.3) is 10.9 Å². The molecule has 1 unspecified atom stereocenters. The van der Waals surface area contributed by atoms with Gasteiger partial charge < -0.3 is 15.6 Å². The molecule has 2 heterocycles. The largest absolute Gasteiger partial charge is 0.338 e. The number of amides is 1. The average molecular weight is 354 g/mol. The molecule has 7 heteroatoms. The molecule has 1 saturated heterocycles. The lowest BCUT2D eigenvalue weighted by molar-refractivity contribution is 0.0534. The summed E-state index contributed by atoms with van der Waals surface area (Å²) < 4.78 is 13.6. The molecule has 1 fully saturated rings. The number of aromatic nitrogens is 1. The van der Waals surface area contributed by atoms with Crippen LogP contribution in [0.2, 0.25) is 0 Å². The Kier molecular flexibility index (Phi) is 5.01. The summed E-state index contributed by atoms with van der Waals surface area (Å²) in [6, 6.07) is 5.28. The van der Waals surface area contributed by atoms with Gasteiger partial charge in [-0.2, -0.15) is 0 Å². The summed E-state index contributed by atoms with van der Waals surface area (Å²) in [5.74, 6) is -0.703. The summed E-state index contributed by atoms with van der Waals surface area (Å²) in [6.07, 6.45) is 0.703. The van der Waals surface area contributed by atoms with E-state index in [0.717, 1.165) is 0 Å². The van der Waals surface area contributed by atoms with Gasteiger partial charge in [0.15, 0.2) is 0 Å². The molecule has 0 saturated carbocycles. The van der Waals surface area contributed by atoms with E-state index in [1.54, 1.807) is 4.90 Å². The van der Waals surface area contributed by atoms with Gasteiger partial charge in [-0.15, -0.1) is 12.4 Å². The Bertz CT molecular complexity index is 834. The van der Waals surface area contributed by atoms with Crippen LogP contribution in [-0.2, 0) is 0 Å². The molecule has 1 aliphatic rings. The summed E-state index contributed by atoms with van der Waals surface area (Å²) in [5.41, 5.74) is 6.22. The van der Waals surface area contributed by atoms with Gasteiger partial charge in [-0.25, -0.2) is 4.39 Å². The number of hydrogen-bond donors (Lipinski definition) is 2. The third-order valence-electron chi connectivity index (χ3n) is 4.63. The number of carbonyl (C=O) groups is 1. The van der Waals surface area contributed by atoms with Gasteiger partial charge in [0.05, 0.1) is 5.56 Å². The molecule has 1 atom stereocenters. The van der Waals surface area contributed by atoms with Crippen molar-refractivity contribution in [1.82, 2.24) is 9.88 Å². The molecule has 5 nitrogen and oxygen atoms in total. The maximum absolute atomic E-state index is 13.6. The van der Waals surface area contributed by atoms with Crippen LogP contribution in [0, 0.1) is 11.2 Å². The predicted octanol–water partition coefficient (Wildman–Crippen LogP) is 2.29. The van der Waals surface area contributed by atoms with Crippen LogP contribution in [0.1, 0.15) is 30.6 Å². The first-order valence-corrected chi connectivity index (χ1v) is 7.65. The highest BCUT2D eigenvalue weighted by Crippen LogP contribution is 2.29. The minimum Gasteiger partial charge on any atom is -0.338 e. The number of nitrogens with one attached hydrogen (secondary N) is 1. The molecule has 1 aromatic heterocycles.